The Labute approximate surface area is 124 Å². The highest BCUT2D eigenvalue weighted by Crippen LogP contribution is 2.36. The lowest BCUT2D eigenvalue weighted by atomic mass is 10.1. The van der Waals surface area contributed by atoms with E-state index in [9.17, 15) is 0 Å². The molecule has 0 aliphatic rings. The zero-order valence-electron chi connectivity index (χ0n) is 10.1. The van der Waals surface area contributed by atoms with Gasteiger partial charge in [-0.2, -0.15) is 4.98 Å². The first-order chi connectivity index (χ1) is 9.56. The van der Waals surface area contributed by atoms with E-state index < -0.39 is 0 Å². The van der Waals surface area contributed by atoms with E-state index in [0.29, 0.717) is 38.2 Å². The summed E-state index contributed by atoms with van der Waals surface area (Å²) in [6.07, 6.45) is 0. The molecule has 100 valence electrons. The lowest BCUT2D eigenvalue weighted by molar-refractivity contribution is 1.20. The van der Waals surface area contributed by atoms with Crippen molar-refractivity contribution < 1.29 is 0 Å². The van der Waals surface area contributed by atoms with E-state index in [0.717, 1.165) is 0 Å². The molecule has 3 rings (SSSR count). The van der Waals surface area contributed by atoms with Crippen molar-refractivity contribution >= 4 is 46.0 Å². The minimum atomic E-state index is 0.0848. The maximum absolute atomic E-state index is 6.22. The summed E-state index contributed by atoms with van der Waals surface area (Å²) in [5.74, 6) is 0.438. The van der Waals surface area contributed by atoms with Crippen molar-refractivity contribution in [3.8, 4) is 11.3 Å². The molecular weight excluding hydrogens is 297 g/mol. The van der Waals surface area contributed by atoms with Gasteiger partial charge in [-0.25, -0.2) is 9.97 Å². The molecule has 0 spiro atoms. The first kappa shape index (κ1) is 12.9. The van der Waals surface area contributed by atoms with E-state index in [-0.39, 0.29) is 5.95 Å². The van der Waals surface area contributed by atoms with Gasteiger partial charge in [0.2, 0.25) is 5.95 Å². The number of anilines is 2. The number of aromatic nitrogens is 3. The molecular formula is C13H9Cl2N5. The Morgan fingerprint density at radius 2 is 1.55 bits per heavy atom. The monoisotopic (exact) mass is 305 g/mol. The molecule has 1 aromatic carbocycles. The van der Waals surface area contributed by atoms with Gasteiger partial charge in [0.25, 0.3) is 0 Å². The number of nitrogen functional groups attached to an aromatic ring is 2. The molecule has 0 radical (unpaired) electrons. The number of hydrogen-bond donors (Lipinski definition) is 2. The van der Waals surface area contributed by atoms with Crippen LogP contribution in [0, 0.1) is 0 Å². The summed E-state index contributed by atoms with van der Waals surface area (Å²) in [7, 11) is 0. The fourth-order valence-corrected chi connectivity index (χ4v) is 2.53. The van der Waals surface area contributed by atoms with E-state index in [4.69, 9.17) is 34.7 Å². The van der Waals surface area contributed by atoms with Gasteiger partial charge in [0.15, 0.2) is 5.65 Å². The average molecular weight is 306 g/mol. The van der Waals surface area contributed by atoms with Crippen molar-refractivity contribution in [3.63, 3.8) is 0 Å². The van der Waals surface area contributed by atoms with Crippen LogP contribution in [0.4, 0.5) is 11.8 Å². The second kappa shape index (κ2) is 4.77. The van der Waals surface area contributed by atoms with Crippen LogP contribution in [0.15, 0.2) is 30.3 Å². The van der Waals surface area contributed by atoms with E-state index in [1.807, 2.05) is 0 Å². The van der Waals surface area contributed by atoms with Gasteiger partial charge in [-0.3, -0.25) is 0 Å². The molecule has 4 N–H and O–H groups in total. The summed E-state index contributed by atoms with van der Waals surface area (Å²) < 4.78 is 0. The topological polar surface area (TPSA) is 90.7 Å². The van der Waals surface area contributed by atoms with Crippen LogP contribution in [0.5, 0.6) is 0 Å². The maximum atomic E-state index is 6.22. The van der Waals surface area contributed by atoms with E-state index in [1.165, 1.54) is 0 Å². The molecule has 0 aliphatic heterocycles. The van der Waals surface area contributed by atoms with Gasteiger partial charge in [-0.05, 0) is 24.3 Å². The Balaban J connectivity index is 2.42. The lowest BCUT2D eigenvalue weighted by Crippen LogP contribution is -2.01. The summed E-state index contributed by atoms with van der Waals surface area (Å²) in [5, 5.41) is 1.64. The van der Waals surface area contributed by atoms with E-state index in [2.05, 4.69) is 15.0 Å². The number of halogens is 2. The highest BCUT2D eigenvalue weighted by atomic mass is 35.5. The van der Waals surface area contributed by atoms with Crippen LogP contribution in [0.25, 0.3) is 22.3 Å². The predicted molar refractivity (Wildman–Crippen MR) is 81.6 cm³/mol. The second-order valence-electron chi connectivity index (χ2n) is 4.13. The molecule has 0 fully saturated rings. The van der Waals surface area contributed by atoms with Gasteiger partial charge >= 0.3 is 0 Å². The number of nitrogens with two attached hydrogens (primary N) is 2. The minimum Gasteiger partial charge on any atom is -0.384 e. The molecule has 7 heteroatoms. The van der Waals surface area contributed by atoms with E-state index in [1.54, 1.807) is 30.3 Å². The van der Waals surface area contributed by atoms with Gasteiger partial charge in [0, 0.05) is 10.9 Å². The second-order valence-corrected chi connectivity index (χ2v) is 4.95. The van der Waals surface area contributed by atoms with Gasteiger partial charge in [-0.1, -0.05) is 29.3 Å². The molecule has 0 unspecified atom stereocenters. The summed E-state index contributed by atoms with van der Waals surface area (Å²) in [4.78, 5) is 12.5. The molecule has 5 nitrogen and oxygen atoms in total. The van der Waals surface area contributed by atoms with Crippen molar-refractivity contribution in [2.45, 2.75) is 0 Å². The molecule has 2 heterocycles. The number of rotatable bonds is 1. The minimum absolute atomic E-state index is 0.0848. The van der Waals surface area contributed by atoms with Gasteiger partial charge < -0.3 is 11.5 Å². The average Bonchev–Trinajstić information content (AvgIpc) is 2.37. The van der Waals surface area contributed by atoms with Gasteiger partial charge in [0.05, 0.1) is 15.7 Å². The molecule has 0 saturated carbocycles. The van der Waals surface area contributed by atoms with Gasteiger partial charge in [-0.15, -0.1) is 0 Å². The molecule has 20 heavy (non-hydrogen) atoms. The molecule has 0 aliphatic carbocycles. The number of fused-ring (bicyclic) bond motifs is 1. The number of benzene rings is 1. The van der Waals surface area contributed by atoms with Crippen LogP contribution in [-0.2, 0) is 0 Å². The van der Waals surface area contributed by atoms with Crippen molar-refractivity contribution in [2.24, 2.45) is 0 Å². The highest BCUT2D eigenvalue weighted by Gasteiger charge is 2.15. The largest absolute Gasteiger partial charge is 0.384 e. The third kappa shape index (κ3) is 2.11. The predicted octanol–water partition coefficient (Wildman–Crippen LogP) is 3.16. The third-order valence-corrected chi connectivity index (χ3v) is 3.43. The fourth-order valence-electron chi connectivity index (χ4n) is 1.96. The Bertz CT molecular complexity index is 794. The highest BCUT2D eigenvalue weighted by molar-refractivity contribution is 6.39. The Morgan fingerprint density at radius 3 is 2.25 bits per heavy atom. The number of nitrogens with zero attached hydrogens (tertiary/aromatic N) is 3. The van der Waals surface area contributed by atoms with Crippen molar-refractivity contribution in [2.75, 3.05) is 11.5 Å². The summed E-state index contributed by atoms with van der Waals surface area (Å²) in [6.45, 7) is 0. The van der Waals surface area contributed by atoms with Crippen molar-refractivity contribution in [1.82, 2.24) is 15.0 Å². The Hall–Kier alpha value is -2.11. The zero-order valence-corrected chi connectivity index (χ0v) is 11.7. The fraction of sp³-hybridized carbons (Fsp3) is 0. The Morgan fingerprint density at radius 1 is 0.850 bits per heavy atom. The SMILES string of the molecule is Nc1ccc2c(-c3c(Cl)cccc3Cl)nc(N)nc2n1. The van der Waals surface area contributed by atoms with E-state index >= 15 is 0 Å². The summed E-state index contributed by atoms with van der Waals surface area (Å²) in [5.41, 5.74) is 12.9. The maximum Gasteiger partial charge on any atom is 0.222 e. The first-order valence-corrected chi connectivity index (χ1v) is 6.46. The standard InChI is InChI=1S/C13H9Cl2N5/c14-7-2-1-3-8(15)10(7)11-6-4-5-9(16)18-12(6)20-13(17)19-11/h1-5H,(H4,16,17,18,19,20). The molecule has 0 bridgehead atoms. The van der Waals surface area contributed by atoms with Crippen molar-refractivity contribution in [3.05, 3.63) is 40.4 Å². The zero-order chi connectivity index (χ0) is 14.3. The summed E-state index contributed by atoms with van der Waals surface area (Å²) >= 11 is 12.4. The number of pyridine rings is 1. The third-order valence-electron chi connectivity index (χ3n) is 2.80. The van der Waals surface area contributed by atoms with Crippen LogP contribution in [-0.4, -0.2) is 15.0 Å². The normalized spacial score (nSPS) is 10.9. The molecule has 0 amide bonds. The van der Waals surface area contributed by atoms with Crippen LogP contribution in [0.2, 0.25) is 10.0 Å². The van der Waals surface area contributed by atoms with Crippen LogP contribution >= 0.6 is 23.2 Å². The van der Waals surface area contributed by atoms with Gasteiger partial charge in [0.1, 0.15) is 5.82 Å². The molecule has 2 aromatic heterocycles. The first-order valence-electron chi connectivity index (χ1n) is 5.70. The lowest BCUT2D eigenvalue weighted by Gasteiger charge is -2.10. The quantitative estimate of drug-likeness (QED) is 0.720. The molecule has 3 aromatic rings. The van der Waals surface area contributed by atoms with Crippen LogP contribution in [0.1, 0.15) is 0 Å². The number of hydrogen-bond acceptors (Lipinski definition) is 5. The van der Waals surface area contributed by atoms with Crippen LogP contribution in [0.3, 0.4) is 0 Å². The smallest absolute Gasteiger partial charge is 0.222 e. The molecule has 0 atom stereocenters. The van der Waals surface area contributed by atoms with Crippen molar-refractivity contribution in [1.29, 1.82) is 0 Å². The molecule has 0 saturated heterocycles. The van der Waals surface area contributed by atoms with Crippen LogP contribution < -0.4 is 11.5 Å². The Kier molecular flexibility index (Phi) is 3.08. The summed E-state index contributed by atoms with van der Waals surface area (Å²) in [6, 6.07) is 8.66.